The molecule has 2 N–H and O–H groups in total. The summed E-state index contributed by atoms with van der Waals surface area (Å²) in [6.07, 6.45) is 4.62. The van der Waals surface area contributed by atoms with E-state index in [1.54, 1.807) is 11.8 Å². The smallest absolute Gasteiger partial charge is 0.304 e. The predicted octanol–water partition coefficient (Wildman–Crippen LogP) is 5.90. The number of fused-ring (bicyclic) bond motifs is 1. The summed E-state index contributed by atoms with van der Waals surface area (Å²) in [6.45, 7) is 3.83. The van der Waals surface area contributed by atoms with E-state index in [1.807, 2.05) is 0 Å². The Morgan fingerprint density at radius 3 is 2.79 bits per heavy atom. The van der Waals surface area contributed by atoms with Gasteiger partial charge in [-0.15, -0.1) is 0 Å². The van der Waals surface area contributed by atoms with E-state index in [1.165, 1.54) is 29.3 Å². The summed E-state index contributed by atoms with van der Waals surface area (Å²) < 4.78 is 28.5. The van der Waals surface area contributed by atoms with Gasteiger partial charge in [-0.1, -0.05) is 18.5 Å². The highest BCUT2D eigenvalue weighted by molar-refractivity contribution is 6.33. The Morgan fingerprint density at radius 1 is 1.24 bits per heavy atom. The molecule has 0 saturated carbocycles. The Bertz CT molecular complexity index is 1470. The number of nitrogens with zero attached hydrogens (tertiary/aromatic N) is 4. The van der Waals surface area contributed by atoms with Crippen LogP contribution < -0.4 is 10.2 Å². The largest absolute Gasteiger partial charge is 0.481 e. The van der Waals surface area contributed by atoms with Crippen LogP contribution in [-0.4, -0.2) is 46.1 Å². The van der Waals surface area contributed by atoms with Crippen molar-refractivity contribution in [3.05, 3.63) is 69.4 Å². The van der Waals surface area contributed by atoms with Crippen molar-refractivity contribution in [1.82, 2.24) is 14.9 Å². The lowest BCUT2D eigenvalue weighted by atomic mass is 9.77. The minimum absolute atomic E-state index is 0.143. The molecule has 10 heteroatoms. The molecule has 0 fully saturated rings. The van der Waals surface area contributed by atoms with Crippen LogP contribution in [0.4, 0.5) is 31.9 Å². The molecule has 3 heterocycles. The van der Waals surface area contributed by atoms with Gasteiger partial charge in [-0.25, -0.2) is 13.8 Å². The molecular weight excluding hydrogens is 512 g/mol. The third-order valence-electron chi connectivity index (χ3n) is 8.00. The first kappa shape index (κ1) is 25.0. The van der Waals surface area contributed by atoms with Crippen LogP contribution in [-0.2, 0) is 23.2 Å². The van der Waals surface area contributed by atoms with E-state index in [2.05, 4.69) is 39.4 Å². The summed E-state index contributed by atoms with van der Waals surface area (Å²) in [5.41, 5.74) is 4.81. The van der Waals surface area contributed by atoms with Crippen molar-refractivity contribution < 1.29 is 18.7 Å². The number of carboxylic acid groups (broad SMARTS) is 1. The second-order valence-electron chi connectivity index (χ2n) is 11.0. The summed E-state index contributed by atoms with van der Waals surface area (Å²) in [6, 6.07) is 6.47. The second kappa shape index (κ2) is 9.17. The van der Waals surface area contributed by atoms with Crippen molar-refractivity contribution in [3.63, 3.8) is 0 Å². The Balaban J connectivity index is 1.37. The highest BCUT2D eigenvalue weighted by Crippen LogP contribution is 2.48. The summed E-state index contributed by atoms with van der Waals surface area (Å²) >= 11 is 6.51. The number of nitrogens with one attached hydrogen (secondary N) is 1. The molecule has 3 aromatic rings. The van der Waals surface area contributed by atoms with Crippen molar-refractivity contribution in [1.29, 1.82) is 0 Å². The molecule has 38 heavy (non-hydrogen) atoms. The minimum atomic E-state index is -1.04. The Labute approximate surface area is 224 Å². The topological polar surface area (TPSA) is 81.6 Å². The molecule has 0 radical (unpaired) electrons. The SMILES string of the molecule is CN1Cc2cc(Nc3ncc(Cl)c(N4CC(C)(CC(=O)O)c5cc(F)c(F)cc54)n3)cc3c2C(CCC3)C1. The monoisotopic (exact) mass is 539 g/mol. The molecule has 198 valence electrons. The standard InChI is InChI=1S/C28H28ClF2N5O2/c1-28(10-24(37)38)14-36(23-9-22(31)21(30)8-19(23)28)26-20(29)11-32-27(34-26)33-18-6-15-4-3-5-16-12-35(2)13-17(7-18)25(15)16/h6-9,11,16H,3-5,10,12-14H2,1-2H3,(H,37,38)(H,32,33,34). The summed E-state index contributed by atoms with van der Waals surface area (Å²) in [5, 5.41) is 13.1. The van der Waals surface area contributed by atoms with Crippen LogP contribution in [0.3, 0.4) is 0 Å². The zero-order valence-corrected chi connectivity index (χ0v) is 21.9. The van der Waals surface area contributed by atoms with Gasteiger partial charge in [0.1, 0.15) is 5.02 Å². The molecule has 2 aliphatic heterocycles. The van der Waals surface area contributed by atoms with Crippen LogP contribution in [0, 0.1) is 11.6 Å². The molecule has 1 aromatic heterocycles. The van der Waals surface area contributed by atoms with Gasteiger partial charge in [0.05, 0.1) is 12.6 Å². The molecule has 3 aliphatic rings. The normalized spacial score (nSPS) is 22.2. The van der Waals surface area contributed by atoms with E-state index in [0.29, 0.717) is 28.9 Å². The summed E-state index contributed by atoms with van der Waals surface area (Å²) in [5.74, 6) is -1.91. The van der Waals surface area contributed by atoms with Crippen LogP contribution in [0.15, 0.2) is 30.5 Å². The van der Waals surface area contributed by atoms with E-state index in [9.17, 15) is 18.7 Å². The lowest BCUT2D eigenvalue weighted by Gasteiger charge is -2.37. The molecular formula is C28H28ClF2N5O2. The van der Waals surface area contributed by atoms with Crippen molar-refractivity contribution >= 4 is 40.7 Å². The van der Waals surface area contributed by atoms with E-state index >= 15 is 0 Å². The zero-order valence-electron chi connectivity index (χ0n) is 21.2. The quantitative estimate of drug-likeness (QED) is 0.417. The summed E-state index contributed by atoms with van der Waals surface area (Å²) in [7, 11) is 2.15. The highest BCUT2D eigenvalue weighted by atomic mass is 35.5. The lowest BCUT2D eigenvalue weighted by Crippen LogP contribution is -2.33. The van der Waals surface area contributed by atoms with Crippen LogP contribution in [0.2, 0.25) is 5.02 Å². The van der Waals surface area contributed by atoms with Crippen LogP contribution in [0.25, 0.3) is 0 Å². The van der Waals surface area contributed by atoms with Crippen molar-refractivity contribution in [2.24, 2.45) is 0 Å². The molecule has 2 unspecified atom stereocenters. The van der Waals surface area contributed by atoms with Crippen LogP contribution in [0.1, 0.15) is 54.4 Å². The first-order chi connectivity index (χ1) is 18.1. The molecule has 0 spiro atoms. The number of rotatable bonds is 5. The first-order valence-electron chi connectivity index (χ1n) is 12.7. The number of aryl methyl sites for hydroxylation is 1. The van der Waals surface area contributed by atoms with Gasteiger partial charge in [-0.05, 0) is 72.7 Å². The molecule has 0 bridgehead atoms. The molecule has 1 aliphatic carbocycles. The van der Waals surface area contributed by atoms with Gasteiger partial charge in [0.25, 0.3) is 0 Å². The van der Waals surface area contributed by atoms with E-state index in [-0.39, 0.29) is 18.0 Å². The fourth-order valence-corrected chi connectivity index (χ4v) is 6.68. The van der Waals surface area contributed by atoms with E-state index in [0.717, 1.165) is 43.8 Å². The molecule has 6 rings (SSSR count). The van der Waals surface area contributed by atoms with Crippen LogP contribution >= 0.6 is 11.6 Å². The van der Waals surface area contributed by atoms with E-state index in [4.69, 9.17) is 11.6 Å². The zero-order chi connectivity index (χ0) is 26.8. The second-order valence-corrected chi connectivity index (χ2v) is 11.4. The fraction of sp³-hybridized carbons (Fsp3) is 0.393. The van der Waals surface area contributed by atoms with Crippen molar-refractivity contribution in [2.45, 2.75) is 50.5 Å². The maximum absolute atomic E-state index is 14.3. The number of hydrogen-bond donors (Lipinski definition) is 2. The lowest BCUT2D eigenvalue weighted by molar-refractivity contribution is -0.138. The average Bonchev–Trinajstić information content (AvgIpc) is 3.10. The number of likely N-dealkylation sites (N-methyl/N-ethyl adjacent to an activating group) is 1. The minimum Gasteiger partial charge on any atom is -0.481 e. The Morgan fingerprint density at radius 2 is 2.00 bits per heavy atom. The van der Waals surface area contributed by atoms with Gasteiger partial charge in [-0.2, -0.15) is 4.98 Å². The third-order valence-corrected chi connectivity index (χ3v) is 8.26. The number of halogens is 3. The van der Waals surface area contributed by atoms with E-state index < -0.39 is 23.0 Å². The van der Waals surface area contributed by atoms with Crippen LogP contribution in [0.5, 0.6) is 0 Å². The first-order valence-corrected chi connectivity index (χ1v) is 13.1. The maximum atomic E-state index is 14.3. The number of anilines is 4. The van der Waals surface area contributed by atoms with Crippen molar-refractivity contribution in [3.8, 4) is 0 Å². The average molecular weight is 540 g/mol. The number of carboxylic acids is 1. The van der Waals surface area contributed by atoms with Gasteiger partial charge in [0, 0.05) is 42.5 Å². The molecule has 2 atom stereocenters. The number of carbonyl (C=O) groups is 1. The maximum Gasteiger partial charge on any atom is 0.304 e. The molecule has 0 saturated heterocycles. The van der Waals surface area contributed by atoms with Gasteiger partial charge in [-0.3, -0.25) is 4.79 Å². The molecule has 2 aromatic carbocycles. The number of aliphatic carboxylic acids is 1. The van der Waals surface area contributed by atoms with Gasteiger partial charge in [0.2, 0.25) is 5.95 Å². The Hall–Kier alpha value is -3.30. The fourth-order valence-electron chi connectivity index (χ4n) is 6.48. The molecule has 7 nitrogen and oxygen atoms in total. The predicted molar refractivity (Wildman–Crippen MR) is 142 cm³/mol. The van der Waals surface area contributed by atoms with Gasteiger partial charge >= 0.3 is 5.97 Å². The highest BCUT2D eigenvalue weighted by Gasteiger charge is 2.43. The number of hydrogen-bond acceptors (Lipinski definition) is 6. The van der Waals surface area contributed by atoms with Gasteiger partial charge in [0.15, 0.2) is 17.5 Å². The Kier molecular flexibility index (Phi) is 6.03. The number of benzene rings is 2. The number of aromatic nitrogens is 2. The van der Waals surface area contributed by atoms with Gasteiger partial charge < -0.3 is 20.2 Å². The van der Waals surface area contributed by atoms with Crippen molar-refractivity contribution in [2.75, 3.05) is 30.4 Å². The molecule has 0 amide bonds. The summed E-state index contributed by atoms with van der Waals surface area (Å²) in [4.78, 5) is 24.7. The third kappa shape index (κ3) is 4.27.